The number of nitrogens with one attached hydrogen (secondary N) is 1. The molecule has 1 aromatic heterocycles. The van der Waals surface area contributed by atoms with Gasteiger partial charge < -0.3 is 11.1 Å². The lowest BCUT2D eigenvalue weighted by Gasteiger charge is -2.03. The first-order chi connectivity index (χ1) is 8.08. The molecule has 6 heteroatoms. The lowest BCUT2D eigenvalue weighted by atomic mass is 10.2. The molecule has 1 rings (SSSR count). The number of primary amides is 1. The van der Waals surface area contributed by atoms with Gasteiger partial charge in [0.15, 0.2) is 0 Å². The SMILES string of the molecule is NC(=O)CCCNC(=O)CCc1ccc(Cl)s1. The minimum atomic E-state index is -0.340. The van der Waals surface area contributed by atoms with Gasteiger partial charge in [-0.1, -0.05) is 11.6 Å². The van der Waals surface area contributed by atoms with E-state index in [1.54, 1.807) is 0 Å². The quantitative estimate of drug-likeness (QED) is 0.743. The van der Waals surface area contributed by atoms with Gasteiger partial charge in [0.1, 0.15) is 0 Å². The topological polar surface area (TPSA) is 72.2 Å². The van der Waals surface area contributed by atoms with Gasteiger partial charge in [0.05, 0.1) is 4.34 Å². The van der Waals surface area contributed by atoms with Crippen LogP contribution in [0.1, 0.15) is 24.1 Å². The van der Waals surface area contributed by atoms with E-state index < -0.39 is 0 Å². The molecule has 0 unspecified atom stereocenters. The van der Waals surface area contributed by atoms with E-state index in [0.717, 1.165) is 9.21 Å². The van der Waals surface area contributed by atoms with Crippen LogP contribution in [0.3, 0.4) is 0 Å². The molecular weight excluding hydrogens is 260 g/mol. The van der Waals surface area contributed by atoms with E-state index in [1.165, 1.54) is 11.3 Å². The Hall–Kier alpha value is -1.07. The van der Waals surface area contributed by atoms with Crippen molar-refractivity contribution < 1.29 is 9.59 Å². The maximum Gasteiger partial charge on any atom is 0.220 e. The Morgan fingerprint density at radius 1 is 1.35 bits per heavy atom. The van der Waals surface area contributed by atoms with Gasteiger partial charge in [-0.15, -0.1) is 11.3 Å². The molecule has 2 amide bonds. The highest BCUT2D eigenvalue weighted by atomic mass is 35.5. The third-order valence-corrected chi connectivity index (χ3v) is 3.44. The Labute approximate surface area is 109 Å². The van der Waals surface area contributed by atoms with E-state index in [9.17, 15) is 9.59 Å². The van der Waals surface area contributed by atoms with Crippen LogP contribution in [-0.4, -0.2) is 18.4 Å². The van der Waals surface area contributed by atoms with Gasteiger partial charge in [-0.2, -0.15) is 0 Å². The van der Waals surface area contributed by atoms with Gasteiger partial charge in [0.25, 0.3) is 0 Å². The maximum atomic E-state index is 11.4. The van der Waals surface area contributed by atoms with E-state index in [1.807, 2.05) is 12.1 Å². The first kappa shape index (κ1) is 14.0. The van der Waals surface area contributed by atoms with Crippen LogP contribution in [0.5, 0.6) is 0 Å². The number of hydrogen-bond acceptors (Lipinski definition) is 3. The van der Waals surface area contributed by atoms with E-state index >= 15 is 0 Å². The normalized spacial score (nSPS) is 10.2. The summed E-state index contributed by atoms with van der Waals surface area (Å²) in [5, 5.41) is 2.74. The molecule has 0 spiro atoms. The molecule has 94 valence electrons. The molecule has 0 saturated heterocycles. The average Bonchev–Trinajstić information content (AvgIpc) is 2.67. The monoisotopic (exact) mass is 274 g/mol. The predicted molar refractivity (Wildman–Crippen MR) is 69.1 cm³/mol. The number of carbonyl (C=O) groups excluding carboxylic acids is 2. The largest absolute Gasteiger partial charge is 0.370 e. The van der Waals surface area contributed by atoms with Crippen molar-refractivity contribution in [3.8, 4) is 0 Å². The Morgan fingerprint density at radius 2 is 2.12 bits per heavy atom. The fraction of sp³-hybridized carbons (Fsp3) is 0.455. The van der Waals surface area contributed by atoms with Gasteiger partial charge in [-0.3, -0.25) is 9.59 Å². The van der Waals surface area contributed by atoms with Crippen LogP contribution in [0.2, 0.25) is 4.34 Å². The standard InChI is InChI=1S/C11H15ClN2O2S/c12-9-5-3-8(17-9)4-6-11(16)14-7-1-2-10(13)15/h3,5H,1-2,4,6-7H2,(H2,13,15)(H,14,16). The van der Waals surface area contributed by atoms with E-state index in [4.69, 9.17) is 17.3 Å². The first-order valence-corrected chi connectivity index (χ1v) is 6.56. The van der Waals surface area contributed by atoms with E-state index in [-0.39, 0.29) is 11.8 Å². The number of rotatable bonds is 7. The summed E-state index contributed by atoms with van der Waals surface area (Å²) in [6.07, 6.45) is 2.03. The zero-order valence-electron chi connectivity index (χ0n) is 9.37. The molecule has 0 aliphatic heterocycles. The van der Waals surface area contributed by atoms with Gasteiger partial charge in [-0.05, 0) is 25.0 Å². The van der Waals surface area contributed by atoms with Crippen molar-refractivity contribution in [3.63, 3.8) is 0 Å². The van der Waals surface area contributed by atoms with Crippen LogP contribution in [0.15, 0.2) is 12.1 Å². The molecule has 0 bridgehead atoms. The van der Waals surface area contributed by atoms with Gasteiger partial charge in [0, 0.05) is 24.3 Å². The highest BCUT2D eigenvalue weighted by Gasteiger charge is 2.04. The summed E-state index contributed by atoms with van der Waals surface area (Å²) in [5.74, 6) is -0.355. The molecule has 1 aromatic rings. The molecule has 0 aliphatic rings. The van der Waals surface area contributed by atoms with Crippen molar-refractivity contribution in [1.82, 2.24) is 5.32 Å². The van der Waals surface area contributed by atoms with E-state index in [0.29, 0.717) is 32.2 Å². The number of carbonyl (C=O) groups is 2. The lowest BCUT2D eigenvalue weighted by molar-refractivity contribution is -0.121. The molecule has 0 fully saturated rings. The average molecular weight is 275 g/mol. The second kappa shape index (κ2) is 7.29. The van der Waals surface area contributed by atoms with Crippen LogP contribution in [0.25, 0.3) is 0 Å². The zero-order valence-corrected chi connectivity index (χ0v) is 10.9. The van der Waals surface area contributed by atoms with Gasteiger partial charge >= 0.3 is 0 Å². The number of thiophene rings is 1. The van der Waals surface area contributed by atoms with Crippen molar-refractivity contribution in [2.75, 3.05) is 6.54 Å². The number of hydrogen-bond donors (Lipinski definition) is 2. The minimum Gasteiger partial charge on any atom is -0.370 e. The molecule has 0 aromatic carbocycles. The summed E-state index contributed by atoms with van der Waals surface area (Å²) in [4.78, 5) is 23.0. The molecule has 0 aliphatic carbocycles. The van der Waals surface area contributed by atoms with Crippen molar-refractivity contribution in [2.24, 2.45) is 5.73 Å². The second-order valence-electron chi connectivity index (χ2n) is 3.63. The smallest absolute Gasteiger partial charge is 0.220 e. The fourth-order valence-electron chi connectivity index (χ4n) is 1.30. The van der Waals surface area contributed by atoms with Crippen LogP contribution in [-0.2, 0) is 16.0 Å². The Kier molecular flexibility index (Phi) is 6.00. The Bertz CT molecular complexity index is 393. The molecule has 4 nitrogen and oxygen atoms in total. The van der Waals surface area contributed by atoms with Crippen molar-refractivity contribution in [1.29, 1.82) is 0 Å². The maximum absolute atomic E-state index is 11.4. The van der Waals surface area contributed by atoms with Crippen molar-refractivity contribution in [2.45, 2.75) is 25.7 Å². The van der Waals surface area contributed by atoms with Crippen molar-refractivity contribution >= 4 is 34.8 Å². The zero-order chi connectivity index (χ0) is 12.7. The molecule has 1 heterocycles. The number of halogens is 1. The van der Waals surface area contributed by atoms with Crippen molar-refractivity contribution in [3.05, 3.63) is 21.3 Å². The number of amides is 2. The minimum absolute atomic E-state index is 0.0148. The molecule has 0 radical (unpaired) electrons. The van der Waals surface area contributed by atoms with Gasteiger partial charge in [0.2, 0.25) is 11.8 Å². The summed E-state index contributed by atoms with van der Waals surface area (Å²) < 4.78 is 0.738. The van der Waals surface area contributed by atoms with Crippen LogP contribution in [0, 0.1) is 0 Å². The third kappa shape index (κ3) is 6.28. The molecular formula is C11H15ClN2O2S. The molecule has 3 N–H and O–H groups in total. The van der Waals surface area contributed by atoms with Crippen LogP contribution >= 0.6 is 22.9 Å². The fourth-order valence-corrected chi connectivity index (χ4v) is 2.39. The summed E-state index contributed by atoms with van der Waals surface area (Å²) in [7, 11) is 0. The van der Waals surface area contributed by atoms with Gasteiger partial charge in [-0.25, -0.2) is 0 Å². The Morgan fingerprint density at radius 3 is 2.71 bits per heavy atom. The highest BCUT2D eigenvalue weighted by molar-refractivity contribution is 7.16. The third-order valence-electron chi connectivity index (χ3n) is 2.15. The molecule has 17 heavy (non-hydrogen) atoms. The molecule has 0 atom stereocenters. The summed E-state index contributed by atoms with van der Waals surface area (Å²) in [6, 6.07) is 3.75. The summed E-state index contributed by atoms with van der Waals surface area (Å²) in [6.45, 7) is 0.493. The van der Waals surface area contributed by atoms with Crippen LogP contribution < -0.4 is 11.1 Å². The number of nitrogens with two attached hydrogens (primary N) is 1. The summed E-state index contributed by atoms with van der Waals surface area (Å²) >= 11 is 7.27. The Balaban J connectivity index is 2.11. The highest BCUT2D eigenvalue weighted by Crippen LogP contribution is 2.22. The second-order valence-corrected chi connectivity index (χ2v) is 5.43. The number of aryl methyl sites for hydroxylation is 1. The molecule has 0 saturated carbocycles. The predicted octanol–water partition coefficient (Wildman–Crippen LogP) is 1.72. The first-order valence-electron chi connectivity index (χ1n) is 5.37. The lowest BCUT2D eigenvalue weighted by Crippen LogP contribution is -2.25. The van der Waals surface area contributed by atoms with E-state index in [2.05, 4.69) is 5.32 Å². The summed E-state index contributed by atoms with van der Waals surface area (Å²) in [5.41, 5.74) is 4.98. The van der Waals surface area contributed by atoms with Crippen LogP contribution in [0.4, 0.5) is 0 Å².